The predicted octanol–water partition coefficient (Wildman–Crippen LogP) is 3.22. The highest BCUT2D eigenvalue weighted by molar-refractivity contribution is 5.15. The maximum absolute atomic E-state index is 5.77. The Hall–Kier alpha value is -0.920. The molecule has 0 radical (unpaired) electrons. The molecule has 1 heterocycles. The van der Waals surface area contributed by atoms with E-state index < -0.39 is 0 Å². The van der Waals surface area contributed by atoms with Gasteiger partial charge in [-0.15, -0.1) is 0 Å². The van der Waals surface area contributed by atoms with E-state index in [0.717, 1.165) is 11.8 Å². The van der Waals surface area contributed by atoms with Gasteiger partial charge in [0.25, 0.3) is 0 Å². The van der Waals surface area contributed by atoms with Crippen LogP contribution in [0, 0.1) is 5.92 Å². The normalized spacial score (nSPS) is 32.8. The van der Waals surface area contributed by atoms with Crippen molar-refractivity contribution in [3.63, 3.8) is 0 Å². The summed E-state index contributed by atoms with van der Waals surface area (Å²) < 4.78 is 5.77. The van der Waals surface area contributed by atoms with Crippen LogP contribution in [0.1, 0.15) is 40.5 Å². The maximum Gasteiger partial charge on any atom is 0.187 e. The number of ether oxygens (including phenoxy) is 1. The van der Waals surface area contributed by atoms with Crippen molar-refractivity contribution in [2.24, 2.45) is 5.92 Å². The van der Waals surface area contributed by atoms with Gasteiger partial charge in [-0.3, -0.25) is 0 Å². The first-order valence-corrected chi connectivity index (χ1v) is 6.05. The second-order valence-corrected chi connectivity index (χ2v) is 4.17. The SMILES string of the molecule is CC.CC1CC(OC2=CC=CC(C)N2)C1. The van der Waals surface area contributed by atoms with Gasteiger partial charge < -0.3 is 10.1 Å². The van der Waals surface area contributed by atoms with Crippen molar-refractivity contribution in [1.29, 1.82) is 0 Å². The summed E-state index contributed by atoms with van der Waals surface area (Å²) in [6.07, 6.45) is 9.04. The van der Waals surface area contributed by atoms with E-state index in [1.807, 2.05) is 19.9 Å². The predicted molar refractivity (Wildman–Crippen MR) is 64.4 cm³/mol. The van der Waals surface area contributed by atoms with Gasteiger partial charge in [0.2, 0.25) is 0 Å². The second-order valence-electron chi connectivity index (χ2n) is 4.17. The Balaban J connectivity index is 0.000000531. The van der Waals surface area contributed by atoms with Crippen molar-refractivity contribution in [2.45, 2.75) is 52.7 Å². The first-order chi connectivity index (χ1) is 7.24. The zero-order chi connectivity index (χ0) is 11.3. The molecular formula is C13H23NO. The minimum atomic E-state index is 0.400. The Morgan fingerprint density at radius 1 is 1.27 bits per heavy atom. The molecule has 2 heteroatoms. The topological polar surface area (TPSA) is 21.3 Å². The van der Waals surface area contributed by atoms with Crippen molar-refractivity contribution in [1.82, 2.24) is 5.32 Å². The molecule has 1 aliphatic carbocycles. The van der Waals surface area contributed by atoms with Gasteiger partial charge >= 0.3 is 0 Å². The summed E-state index contributed by atoms with van der Waals surface area (Å²) in [5.41, 5.74) is 0. The summed E-state index contributed by atoms with van der Waals surface area (Å²) in [6.45, 7) is 8.39. The summed E-state index contributed by atoms with van der Waals surface area (Å²) in [4.78, 5) is 0. The highest BCUT2D eigenvalue weighted by atomic mass is 16.5. The molecule has 86 valence electrons. The van der Waals surface area contributed by atoms with Gasteiger partial charge in [-0.2, -0.15) is 0 Å². The van der Waals surface area contributed by atoms with Gasteiger partial charge in [0.05, 0.1) is 0 Å². The van der Waals surface area contributed by atoms with Crippen LogP contribution in [0.3, 0.4) is 0 Å². The average Bonchev–Trinajstić information content (AvgIpc) is 2.19. The van der Waals surface area contributed by atoms with E-state index in [-0.39, 0.29) is 0 Å². The Morgan fingerprint density at radius 2 is 1.93 bits per heavy atom. The van der Waals surface area contributed by atoms with Gasteiger partial charge in [-0.05, 0) is 31.8 Å². The molecule has 1 fully saturated rings. The van der Waals surface area contributed by atoms with Crippen LogP contribution in [0.15, 0.2) is 24.1 Å². The summed E-state index contributed by atoms with van der Waals surface area (Å²) in [5, 5.41) is 3.28. The van der Waals surface area contributed by atoms with Crippen LogP contribution in [-0.2, 0) is 4.74 Å². The van der Waals surface area contributed by atoms with Crippen LogP contribution < -0.4 is 5.32 Å². The molecule has 2 aliphatic rings. The minimum absolute atomic E-state index is 0.400. The molecule has 1 atom stereocenters. The first-order valence-electron chi connectivity index (χ1n) is 6.05. The molecule has 15 heavy (non-hydrogen) atoms. The number of rotatable bonds is 2. The number of hydrogen-bond donors (Lipinski definition) is 1. The summed E-state index contributed by atoms with van der Waals surface area (Å²) in [6, 6.07) is 0.400. The monoisotopic (exact) mass is 209 g/mol. The van der Waals surface area contributed by atoms with Crippen LogP contribution >= 0.6 is 0 Å². The maximum atomic E-state index is 5.77. The molecule has 1 aliphatic heterocycles. The molecule has 0 aromatic rings. The molecule has 0 saturated heterocycles. The summed E-state index contributed by atoms with van der Waals surface area (Å²) in [7, 11) is 0. The molecule has 0 bridgehead atoms. The number of allylic oxidation sites excluding steroid dienone is 2. The Bertz CT molecular complexity index is 239. The Kier molecular flexibility index (Phi) is 4.73. The van der Waals surface area contributed by atoms with Gasteiger partial charge in [0.1, 0.15) is 6.10 Å². The zero-order valence-electron chi connectivity index (χ0n) is 10.3. The quantitative estimate of drug-likeness (QED) is 0.754. The molecular weight excluding hydrogens is 186 g/mol. The highest BCUT2D eigenvalue weighted by Crippen LogP contribution is 2.30. The standard InChI is InChI=1S/C11H17NO.C2H6/c1-8-6-10(7-8)13-11-5-3-4-9(2)12-11;1-2/h3-5,8-10,12H,6-7H2,1-2H3;1-2H3. The Morgan fingerprint density at radius 3 is 2.47 bits per heavy atom. The lowest BCUT2D eigenvalue weighted by atomic mass is 9.84. The zero-order valence-corrected chi connectivity index (χ0v) is 10.3. The van der Waals surface area contributed by atoms with Crippen molar-refractivity contribution >= 4 is 0 Å². The van der Waals surface area contributed by atoms with E-state index in [1.54, 1.807) is 0 Å². The van der Waals surface area contributed by atoms with Gasteiger partial charge in [-0.1, -0.05) is 32.9 Å². The van der Waals surface area contributed by atoms with Gasteiger partial charge in [0.15, 0.2) is 5.88 Å². The lowest BCUT2D eigenvalue weighted by Gasteiger charge is -2.34. The molecule has 1 unspecified atom stereocenters. The third kappa shape index (κ3) is 3.61. The van der Waals surface area contributed by atoms with Crippen molar-refractivity contribution in [2.75, 3.05) is 0 Å². The fourth-order valence-electron chi connectivity index (χ4n) is 1.81. The average molecular weight is 209 g/mol. The van der Waals surface area contributed by atoms with Crippen LogP contribution in [0.2, 0.25) is 0 Å². The molecule has 0 aromatic carbocycles. The molecule has 2 rings (SSSR count). The Labute approximate surface area is 93.4 Å². The van der Waals surface area contributed by atoms with E-state index in [2.05, 4.69) is 31.3 Å². The summed E-state index contributed by atoms with van der Waals surface area (Å²) >= 11 is 0. The van der Waals surface area contributed by atoms with E-state index in [1.165, 1.54) is 12.8 Å². The number of nitrogens with one attached hydrogen (secondary N) is 1. The first kappa shape index (κ1) is 12.2. The molecule has 1 N–H and O–H groups in total. The molecule has 2 nitrogen and oxygen atoms in total. The third-order valence-electron chi connectivity index (χ3n) is 2.64. The van der Waals surface area contributed by atoms with E-state index in [9.17, 15) is 0 Å². The molecule has 1 saturated carbocycles. The molecule has 0 amide bonds. The minimum Gasteiger partial charge on any atom is -0.476 e. The van der Waals surface area contributed by atoms with E-state index in [4.69, 9.17) is 4.74 Å². The van der Waals surface area contributed by atoms with E-state index in [0.29, 0.717) is 12.1 Å². The summed E-state index contributed by atoms with van der Waals surface area (Å²) in [5.74, 6) is 1.79. The largest absolute Gasteiger partial charge is 0.476 e. The van der Waals surface area contributed by atoms with Crippen LogP contribution in [0.4, 0.5) is 0 Å². The lowest BCUT2D eigenvalue weighted by Crippen LogP contribution is -2.34. The van der Waals surface area contributed by atoms with Gasteiger partial charge in [-0.25, -0.2) is 0 Å². The van der Waals surface area contributed by atoms with Crippen molar-refractivity contribution in [3.8, 4) is 0 Å². The third-order valence-corrected chi connectivity index (χ3v) is 2.64. The number of dihydropyridines is 1. The fourth-order valence-corrected chi connectivity index (χ4v) is 1.81. The van der Waals surface area contributed by atoms with E-state index >= 15 is 0 Å². The second kappa shape index (κ2) is 5.84. The van der Waals surface area contributed by atoms with Crippen LogP contribution in [0.5, 0.6) is 0 Å². The van der Waals surface area contributed by atoms with Gasteiger partial charge in [0, 0.05) is 6.04 Å². The van der Waals surface area contributed by atoms with Crippen molar-refractivity contribution in [3.05, 3.63) is 24.1 Å². The highest BCUT2D eigenvalue weighted by Gasteiger charge is 2.27. The lowest BCUT2D eigenvalue weighted by molar-refractivity contribution is 0.00763. The van der Waals surface area contributed by atoms with Crippen LogP contribution in [0.25, 0.3) is 0 Å². The number of hydrogen-bond acceptors (Lipinski definition) is 2. The van der Waals surface area contributed by atoms with Crippen molar-refractivity contribution < 1.29 is 4.74 Å². The molecule has 0 spiro atoms. The molecule has 0 aromatic heterocycles. The smallest absolute Gasteiger partial charge is 0.187 e. The fraction of sp³-hybridized carbons (Fsp3) is 0.692. The van der Waals surface area contributed by atoms with Crippen LogP contribution in [-0.4, -0.2) is 12.1 Å².